The lowest BCUT2D eigenvalue weighted by Crippen LogP contribution is -2.53. The van der Waals surface area contributed by atoms with Crippen molar-refractivity contribution in [2.24, 2.45) is 10.9 Å². The zero-order valence-electron chi connectivity index (χ0n) is 17.0. The Bertz CT molecular complexity index is 393. The van der Waals surface area contributed by atoms with Crippen LogP contribution < -0.4 is 10.6 Å². The maximum atomic E-state index is 5.74. The second-order valence-corrected chi connectivity index (χ2v) is 7.36. The fourth-order valence-electron chi connectivity index (χ4n) is 3.46. The first kappa shape index (κ1) is 21.4. The molecule has 0 spiro atoms. The summed E-state index contributed by atoms with van der Waals surface area (Å²) in [5.74, 6) is 1.48. The lowest BCUT2D eigenvalue weighted by Gasteiger charge is -2.37. The van der Waals surface area contributed by atoms with Crippen molar-refractivity contribution >= 4 is 5.96 Å². The largest absolute Gasteiger partial charge is 0.381 e. The van der Waals surface area contributed by atoms with Crippen LogP contribution in [0.1, 0.15) is 26.7 Å². The highest BCUT2D eigenvalue weighted by atomic mass is 16.5. The van der Waals surface area contributed by atoms with Gasteiger partial charge in [-0.3, -0.25) is 9.89 Å². The van der Waals surface area contributed by atoms with Crippen LogP contribution in [-0.2, 0) is 9.47 Å². The molecule has 0 aliphatic carbocycles. The third-order valence-electron chi connectivity index (χ3n) is 5.40. The van der Waals surface area contributed by atoms with Crippen LogP contribution in [0.2, 0.25) is 0 Å². The molecule has 2 N–H and O–H groups in total. The van der Waals surface area contributed by atoms with E-state index in [9.17, 15) is 0 Å². The molecule has 2 heterocycles. The number of likely N-dealkylation sites (N-methyl/N-ethyl adjacent to an activating group) is 1. The van der Waals surface area contributed by atoms with E-state index in [2.05, 4.69) is 39.3 Å². The Morgan fingerprint density at radius 1 is 1.27 bits per heavy atom. The Balaban J connectivity index is 1.50. The van der Waals surface area contributed by atoms with E-state index in [4.69, 9.17) is 9.47 Å². The summed E-state index contributed by atoms with van der Waals surface area (Å²) in [6.07, 6.45) is 2.13. The van der Waals surface area contributed by atoms with Crippen molar-refractivity contribution in [1.29, 1.82) is 0 Å². The van der Waals surface area contributed by atoms with E-state index in [1.54, 1.807) is 0 Å². The van der Waals surface area contributed by atoms with E-state index in [1.165, 1.54) is 13.1 Å². The Morgan fingerprint density at radius 3 is 2.73 bits per heavy atom. The Hall–Kier alpha value is -0.890. The van der Waals surface area contributed by atoms with Crippen LogP contribution in [0.4, 0.5) is 0 Å². The molecule has 2 aliphatic rings. The summed E-state index contributed by atoms with van der Waals surface area (Å²) in [4.78, 5) is 9.40. The van der Waals surface area contributed by atoms with Crippen LogP contribution in [0.25, 0.3) is 0 Å². The Kier molecular flexibility index (Phi) is 10.3. The predicted molar refractivity (Wildman–Crippen MR) is 107 cm³/mol. The maximum Gasteiger partial charge on any atom is 0.191 e. The van der Waals surface area contributed by atoms with Gasteiger partial charge in [0.25, 0.3) is 0 Å². The van der Waals surface area contributed by atoms with Crippen LogP contribution in [0.5, 0.6) is 0 Å². The summed E-state index contributed by atoms with van der Waals surface area (Å²) in [5.41, 5.74) is 0. The molecule has 0 aromatic rings. The lowest BCUT2D eigenvalue weighted by molar-refractivity contribution is 0.0887. The molecule has 7 nitrogen and oxygen atoms in total. The van der Waals surface area contributed by atoms with Gasteiger partial charge in [-0.15, -0.1) is 0 Å². The van der Waals surface area contributed by atoms with E-state index in [0.717, 1.165) is 78.0 Å². The molecule has 2 aliphatic heterocycles. The van der Waals surface area contributed by atoms with Crippen molar-refractivity contribution in [2.75, 3.05) is 79.3 Å². The van der Waals surface area contributed by atoms with E-state index in [-0.39, 0.29) is 0 Å². The van der Waals surface area contributed by atoms with Crippen LogP contribution in [0, 0.1) is 5.92 Å². The fraction of sp³-hybridized carbons (Fsp3) is 0.947. The number of ether oxygens (including phenoxy) is 2. The summed E-state index contributed by atoms with van der Waals surface area (Å²) in [6, 6.07) is 0.518. The molecule has 0 amide bonds. The zero-order valence-corrected chi connectivity index (χ0v) is 17.0. The molecule has 2 rings (SSSR count). The van der Waals surface area contributed by atoms with Crippen LogP contribution in [0.3, 0.4) is 0 Å². The molecule has 0 bridgehead atoms. The second kappa shape index (κ2) is 12.5. The van der Waals surface area contributed by atoms with E-state index < -0.39 is 0 Å². The van der Waals surface area contributed by atoms with Crippen molar-refractivity contribution in [3.05, 3.63) is 0 Å². The Morgan fingerprint density at radius 2 is 2.08 bits per heavy atom. The van der Waals surface area contributed by atoms with Gasteiger partial charge in [-0.25, -0.2) is 0 Å². The van der Waals surface area contributed by atoms with Gasteiger partial charge in [0.15, 0.2) is 5.96 Å². The first-order valence-corrected chi connectivity index (χ1v) is 10.3. The molecule has 0 saturated carbocycles. The van der Waals surface area contributed by atoms with E-state index in [1.807, 2.05) is 7.05 Å². The quantitative estimate of drug-likeness (QED) is 0.334. The van der Waals surface area contributed by atoms with Gasteiger partial charge >= 0.3 is 0 Å². The number of nitrogens with zero attached hydrogens (tertiary/aromatic N) is 3. The molecule has 7 heteroatoms. The molecule has 2 atom stereocenters. The minimum atomic E-state index is 0.518. The molecular formula is C19H39N5O2. The minimum Gasteiger partial charge on any atom is -0.381 e. The zero-order chi connectivity index (χ0) is 18.6. The first-order chi connectivity index (χ1) is 12.7. The van der Waals surface area contributed by atoms with Crippen molar-refractivity contribution < 1.29 is 9.47 Å². The maximum absolute atomic E-state index is 5.74. The number of guanidine groups is 1. The van der Waals surface area contributed by atoms with Gasteiger partial charge in [0, 0.05) is 71.5 Å². The molecule has 0 aromatic carbocycles. The minimum absolute atomic E-state index is 0.518. The highest BCUT2D eigenvalue weighted by molar-refractivity contribution is 5.79. The molecular weight excluding hydrogens is 330 g/mol. The second-order valence-electron chi connectivity index (χ2n) is 7.36. The highest BCUT2D eigenvalue weighted by Crippen LogP contribution is 2.12. The van der Waals surface area contributed by atoms with Gasteiger partial charge in [0.05, 0.1) is 13.2 Å². The van der Waals surface area contributed by atoms with Gasteiger partial charge in [0.1, 0.15) is 0 Å². The molecule has 2 saturated heterocycles. The van der Waals surface area contributed by atoms with Crippen LogP contribution >= 0.6 is 0 Å². The third-order valence-corrected chi connectivity index (χ3v) is 5.40. The summed E-state index contributed by atoms with van der Waals surface area (Å²) < 4.78 is 11.1. The van der Waals surface area contributed by atoms with Crippen molar-refractivity contribution in [3.8, 4) is 0 Å². The predicted octanol–water partition coefficient (Wildman–Crippen LogP) is 0.621. The van der Waals surface area contributed by atoms with Crippen LogP contribution in [0.15, 0.2) is 4.99 Å². The number of hydrogen-bond acceptors (Lipinski definition) is 5. The van der Waals surface area contributed by atoms with Crippen LogP contribution in [-0.4, -0.2) is 101 Å². The summed E-state index contributed by atoms with van der Waals surface area (Å²) >= 11 is 0. The lowest BCUT2D eigenvalue weighted by atomic mass is 10.1. The average Bonchev–Trinajstić information content (AvgIpc) is 3.20. The van der Waals surface area contributed by atoms with E-state index in [0.29, 0.717) is 12.0 Å². The molecule has 2 fully saturated rings. The van der Waals surface area contributed by atoms with Gasteiger partial charge in [-0.05, 0) is 26.3 Å². The van der Waals surface area contributed by atoms with Crippen molar-refractivity contribution in [1.82, 2.24) is 20.4 Å². The number of aliphatic imine (C=N–C) groups is 1. The summed E-state index contributed by atoms with van der Waals surface area (Å²) in [5, 5.41) is 6.83. The topological polar surface area (TPSA) is 61.4 Å². The number of nitrogens with one attached hydrogen (secondary N) is 2. The fourth-order valence-corrected chi connectivity index (χ4v) is 3.46. The van der Waals surface area contributed by atoms with Gasteiger partial charge in [0.2, 0.25) is 0 Å². The summed E-state index contributed by atoms with van der Waals surface area (Å²) in [6.45, 7) is 15.6. The highest BCUT2D eigenvalue weighted by Gasteiger charge is 2.20. The Labute approximate surface area is 159 Å². The average molecular weight is 370 g/mol. The number of piperazine rings is 1. The smallest absolute Gasteiger partial charge is 0.191 e. The number of hydrogen-bond donors (Lipinski definition) is 2. The SMILES string of the molecule is CCN1CCN(C(C)CNC(=NC)NCCCOCC2CCOC2)CC1. The molecule has 152 valence electrons. The van der Waals surface area contributed by atoms with Gasteiger partial charge in [-0.1, -0.05) is 6.92 Å². The standard InChI is InChI=1S/C19H39N5O2/c1-4-23-8-10-24(11-9-23)17(2)14-22-19(20-3)21-7-5-12-25-15-18-6-13-26-16-18/h17-18H,4-16H2,1-3H3,(H2,20,21,22). The van der Waals surface area contributed by atoms with Crippen molar-refractivity contribution in [2.45, 2.75) is 32.7 Å². The first-order valence-electron chi connectivity index (χ1n) is 10.3. The summed E-state index contributed by atoms with van der Waals surface area (Å²) in [7, 11) is 1.83. The van der Waals surface area contributed by atoms with Crippen molar-refractivity contribution in [3.63, 3.8) is 0 Å². The molecule has 2 unspecified atom stereocenters. The van der Waals surface area contributed by atoms with Gasteiger partial charge < -0.3 is 25.0 Å². The normalized spacial score (nSPS) is 24.0. The number of rotatable bonds is 10. The van der Waals surface area contributed by atoms with E-state index >= 15 is 0 Å². The molecule has 0 aromatic heterocycles. The van der Waals surface area contributed by atoms with Gasteiger partial charge in [-0.2, -0.15) is 0 Å². The third kappa shape index (κ3) is 7.78. The molecule has 0 radical (unpaired) electrons. The molecule has 26 heavy (non-hydrogen) atoms. The monoisotopic (exact) mass is 369 g/mol.